The van der Waals surface area contributed by atoms with Crippen molar-refractivity contribution in [2.75, 3.05) is 18.2 Å². The summed E-state index contributed by atoms with van der Waals surface area (Å²) < 4.78 is 0. The fourth-order valence-corrected chi connectivity index (χ4v) is 2.24. The zero-order valence-electron chi connectivity index (χ0n) is 7.41. The molecule has 4 nitrogen and oxygen atoms in total. The molecule has 1 aromatic heterocycles. The molecule has 1 aromatic rings. The van der Waals surface area contributed by atoms with E-state index in [9.17, 15) is 4.79 Å². The third kappa shape index (κ3) is 1.56. The molecular formula is C8H11N3OS. The number of rotatable bonds is 1. The normalized spacial score (nSPS) is 16.5. The summed E-state index contributed by atoms with van der Waals surface area (Å²) in [5, 5.41) is 6.57. The summed E-state index contributed by atoms with van der Waals surface area (Å²) in [7, 11) is 0. The van der Waals surface area contributed by atoms with Crippen LogP contribution in [0, 0.1) is 6.92 Å². The topological polar surface area (TPSA) is 49.0 Å². The molecule has 1 amide bonds. The first-order valence-electron chi connectivity index (χ1n) is 4.16. The predicted octanol–water partition coefficient (Wildman–Crippen LogP) is 0.865. The van der Waals surface area contributed by atoms with Crippen molar-refractivity contribution >= 4 is 17.7 Å². The molecule has 0 saturated carbocycles. The quantitative estimate of drug-likeness (QED) is 0.726. The van der Waals surface area contributed by atoms with Crippen LogP contribution in [0.5, 0.6) is 0 Å². The molecule has 1 aliphatic rings. The van der Waals surface area contributed by atoms with Gasteiger partial charge in [-0.05, 0) is 12.5 Å². The number of carbonyl (C=O) groups excluding carboxylic acids is 1. The van der Waals surface area contributed by atoms with Crippen LogP contribution in [0.15, 0.2) is 6.20 Å². The van der Waals surface area contributed by atoms with Gasteiger partial charge < -0.3 is 4.90 Å². The van der Waals surface area contributed by atoms with Crippen molar-refractivity contribution in [3.8, 4) is 0 Å². The lowest BCUT2D eigenvalue weighted by atomic mass is 10.2. The van der Waals surface area contributed by atoms with E-state index in [4.69, 9.17) is 0 Å². The van der Waals surface area contributed by atoms with Crippen molar-refractivity contribution in [3.63, 3.8) is 0 Å². The molecule has 2 rings (SSSR count). The Kier molecular flexibility index (Phi) is 2.26. The molecule has 5 heteroatoms. The van der Waals surface area contributed by atoms with Gasteiger partial charge in [-0.3, -0.25) is 9.89 Å². The Hall–Kier alpha value is -0.970. The first-order valence-corrected chi connectivity index (χ1v) is 5.31. The third-order valence-electron chi connectivity index (χ3n) is 2.08. The maximum atomic E-state index is 11.8. The van der Waals surface area contributed by atoms with E-state index in [1.165, 1.54) is 0 Å². The van der Waals surface area contributed by atoms with Gasteiger partial charge in [0.2, 0.25) is 0 Å². The molecule has 1 aliphatic heterocycles. The minimum absolute atomic E-state index is 0.0694. The van der Waals surface area contributed by atoms with Crippen LogP contribution in [0.1, 0.15) is 16.1 Å². The van der Waals surface area contributed by atoms with Crippen LogP contribution >= 0.6 is 11.8 Å². The fourth-order valence-electron chi connectivity index (χ4n) is 1.30. The van der Waals surface area contributed by atoms with Gasteiger partial charge in [-0.15, -0.1) is 11.8 Å². The van der Waals surface area contributed by atoms with Gasteiger partial charge in [0.15, 0.2) is 0 Å². The van der Waals surface area contributed by atoms with Gasteiger partial charge in [0.25, 0.3) is 5.91 Å². The van der Waals surface area contributed by atoms with E-state index >= 15 is 0 Å². The van der Waals surface area contributed by atoms with Gasteiger partial charge >= 0.3 is 0 Å². The van der Waals surface area contributed by atoms with Crippen molar-refractivity contribution in [1.29, 1.82) is 0 Å². The summed E-state index contributed by atoms with van der Waals surface area (Å²) in [4.78, 5) is 13.6. The number of aryl methyl sites for hydroxylation is 1. The molecule has 0 radical (unpaired) electrons. The number of amides is 1. The summed E-state index contributed by atoms with van der Waals surface area (Å²) in [5.41, 5.74) is 1.55. The van der Waals surface area contributed by atoms with Gasteiger partial charge in [-0.1, -0.05) is 0 Å². The number of thioether (sulfide) groups is 1. The minimum atomic E-state index is 0.0694. The molecule has 0 atom stereocenters. The summed E-state index contributed by atoms with van der Waals surface area (Å²) in [6.07, 6.45) is 1.68. The lowest BCUT2D eigenvalue weighted by molar-refractivity contribution is 0.0796. The molecule has 0 aliphatic carbocycles. The molecular weight excluding hydrogens is 186 g/mol. The first-order chi connectivity index (χ1) is 6.29. The van der Waals surface area contributed by atoms with E-state index in [-0.39, 0.29) is 5.91 Å². The van der Waals surface area contributed by atoms with E-state index in [1.54, 1.807) is 18.0 Å². The SMILES string of the molecule is Cc1cn[nH]c1C(=O)N1CCSC1. The minimum Gasteiger partial charge on any atom is -0.327 e. The molecule has 1 saturated heterocycles. The zero-order valence-corrected chi connectivity index (χ0v) is 8.23. The smallest absolute Gasteiger partial charge is 0.272 e. The average molecular weight is 197 g/mol. The maximum Gasteiger partial charge on any atom is 0.272 e. The van der Waals surface area contributed by atoms with Crippen LogP contribution in [0.4, 0.5) is 0 Å². The lowest BCUT2D eigenvalue weighted by Gasteiger charge is -2.12. The van der Waals surface area contributed by atoms with Gasteiger partial charge in [0.1, 0.15) is 5.69 Å². The van der Waals surface area contributed by atoms with Crippen LogP contribution in [0.2, 0.25) is 0 Å². The third-order valence-corrected chi connectivity index (χ3v) is 3.05. The summed E-state index contributed by atoms with van der Waals surface area (Å²) in [6.45, 7) is 2.74. The van der Waals surface area contributed by atoms with Crippen LogP contribution in [-0.4, -0.2) is 39.2 Å². The number of carbonyl (C=O) groups is 1. The lowest BCUT2D eigenvalue weighted by Crippen LogP contribution is -2.28. The second kappa shape index (κ2) is 3.41. The molecule has 2 heterocycles. The van der Waals surface area contributed by atoms with E-state index in [0.29, 0.717) is 5.69 Å². The van der Waals surface area contributed by atoms with E-state index < -0.39 is 0 Å². The van der Waals surface area contributed by atoms with Gasteiger partial charge in [-0.2, -0.15) is 5.10 Å². The largest absolute Gasteiger partial charge is 0.327 e. The highest BCUT2D eigenvalue weighted by atomic mass is 32.2. The van der Waals surface area contributed by atoms with Crippen molar-refractivity contribution < 1.29 is 4.79 Å². The second-order valence-electron chi connectivity index (χ2n) is 3.03. The molecule has 0 unspecified atom stereocenters. The Morgan fingerprint density at radius 3 is 3.15 bits per heavy atom. The van der Waals surface area contributed by atoms with Crippen molar-refractivity contribution in [2.24, 2.45) is 0 Å². The molecule has 0 bridgehead atoms. The first kappa shape index (κ1) is 8.62. The number of aromatic nitrogens is 2. The van der Waals surface area contributed by atoms with Crippen molar-refractivity contribution in [2.45, 2.75) is 6.92 Å². The average Bonchev–Trinajstić information content (AvgIpc) is 2.72. The summed E-state index contributed by atoms with van der Waals surface area (Å²) in [6, 6.07) is 0. The van der Waals surface area contributed by atoms with Crippen LogP contribution in [0.3, 0.4) is 0 Å². The second-order valence-corrected chi connectivity index (χ2v) is 4.11. The number of hydrogen-bond acceptors (Lipinski definition) is 3. The maximum absolute atomic E-state index is 11.8. The number of H-pyrrole nitrogens is 1. The number of nitrogens with one attached hydrogen (secondary N) is 1. The van der Waals surface area contributed by atoms with Gasteiger partial charge in [0, 0.05) is 12.3 Å². The highest BCUT2D eigenvalue weighted by molar-refractivity contribution is 7.99. The van der Waals surface area contributed by atoms with Gasteiger partial charge in [0.05, 0.1) is 12.1 Å². The van der Waals surface area contributed by atoms with E-state index in [1.807, 2.05) is 11.8 Å². The van der Waals surface area contributed by atoms with Crippen LogP contribution in [0.25, 0.3) is 0 Å². The number of hydrogen-bond donors (Lipinski definition) is 1. The number of aromatic amines is 1. The number of nitrogens with zero attached hydrogens (tertiary/aromatic N) is 2. The van der Waals surface area contributed by atoms with E-state index in [2.05, 4.69) is 10.2 Å². The Morgan fingerprint density at radius 1 is 1.77 bits per heavy atom. The Bertz CT molecular complexity index is 317. The Labute approximate surface area is 80.7 Å². The molecule has 0 spiro atoms. The fraction of sp³-hybridized carbons (Fsp3) is 0.500. The summed E-state index contributed by atoms with van der Waals surface area (Å²) >= 11 is 1.78. The van der Waals surface area contributed by atoms with Crippen molar-refractivity contribution in [1.82, 2.24) is 15.1 Å². The van der Waals surface area contributed by atoms with Crippen LogP contribution < -0.4 is 0 Å². The Morgan fingerprint density at radius 2 is 2.62 bits per heavy atom. The zero-order chi connectivity index (χ0) is 9.26. The monoisotopic (exact) mass is 197 g/mol. The molecule has 1 N–H and O–H groups in total. The Balaban J connectivity index is 2.17. The molecule has 13 heavy (non-hydrogen) atoms. The van der Waals surface area contributed by atoms with Crippen molar-refractivity contribution in [3.05, 3.63) is 17.5 Å². The molecule has 70 valence electrons. The highest BCUT2D eigenvalue weighted by Gasteiger charge is 2.22. The summed E-state index contributed by atoms with van der Waals surface area (Å²) in [5.74, 6) is 1.91. The predicted molar refractivity (Wildman–Crippen MR) is 51.7 cm³/mol. The van der Waals surface area contributed by atoms with Crippen LogP contribution in [-0.2, 0) is 0 Å². The molecule has 1 fully saturated rings. The standard InChI is InChI=1S/C8H11N3OS/c1-6-4-9-10-7(6)8(12)11-2-3-13-5-11/h4H,2-3,5H2,1H3,(H,9,10). The highest BCUT2D eigenvalue weighted by Crippen LogP contribution is 2.16. The van der Waals surface area contributed by atoms with Gasteiger partial charge in [-0.25, -0.2) is 0 Å². The molecule has 0 aromatic carbocycles. The van der Waals surface area contributed by atoms with E-state index in [0.717, 1.165) is 23.7 Å².